The van der Waals surface area contributed by atoms with Crippen molar-refractivity contribution in [3.63, 3.8) is 0 Å². The van der Waals surface area contributed by atoms with Crippen LogP contribution in [0.25, 0.3) is 0 Å². The maximum Gasteiger partial charge on any atom is 0.292 e. The van der Waals surface area contributed by atoms with Crippen LogP contribution in [-0.4, -0.2) is 42.4 Å². The number of nitrogens with two attached hydrogens (primary N) is 1. The zero-order chi connectivity index (χ0) is 14.6. The molecule has 3 N–H and O–H groups in total. The molecule has 1 rings (SSSR count). The highest BCUT2D eigenvalue weighted by Crippen LogP contribution is 2.25. The van der Waals surface area contributed by atoms with Crippen LogP contribution in [0.15, 0.2) is 18.2 Å². The third kappa shape index (κ3) is 3.92. The smallest absolute Gasteiger partial charge is 0.292 e. The van der Waals surface area contributed by atoms with Gasteiger partial charge in [-0.3, -0.25) is 14.9 Å². The predicted molar refractivity (Wildman–Crippen MR) is 73.3 cm³/mol. The molecule has 1 unspecified atom stereocenters. The fourth-order valence-electron chi connectivity index (χ4n) is 1.50. The van der Waals surface area contributed by atoms with Gasteiger partial charge in [0.05, 0.1) is 4.92 Å². The molecule has 0 aliphatic heterocycles. The van der Waals surface area contributed by atoms with Crippen LogP contribution in [-0.2, 0) is 0 Å². The topological polar surface area (TPSA) is 102 Å². The largest absolute Gasteiger partial charge is 0.378 e. The zero-order valence-electron chi connectivity index (χ0n) is 11.2. The Morgan fingerprint density at radius 2 is 2.16 bits per heavy atom. The molecule has 1 amide bonds. The number of rotatable bonds is 5. The van der Waals surface area contributed by atoms with Crippen molar-refractivity contribution in [2.45, 2.75) is 13.0 Å². The van der Waals surface area contributed by atoms with Crippen molar-refractivity contribution in [1.82, 2.24) is 4.90 Å². The molecule has 7 heteroatoms. The van der Waals surface area contributed by atoms with Crippen LogP contribution >= 0.6 is 0 Å². The predicted octanol–water partition coefficient (Wildman–Crippen LogP) is 1.06. The minimum Gasteiger partial charge on any atom is -0.378 e. The summed E-state index contributed by atoms with van der Waals surface area (Å²) in [6.07, 6.45) is 0. The first-order valence-electron chi connectivity index (χ1n) is 5.82. The second-order valence-electron chi connectivity index (χ2n) is 4.55. The number of carbonyl (C=O) groups excluding carboxylic acids is 1. The molecule has 0 aliphatic carbocycles. The van der Waals surface area contributed by atoms with E-state index in [9.17, 15) is 14.9 Å². The average molecular weight is 266 g/mol. The van der Waals surface area contributed by atoms with Crippen molar-refractivity contribution in [1.29, 1.82) is 0 Å². The highest BCUT2D eigenvalue weighted by atomic mass is 16.6. The minimum atomic E-state index is -0.493. The summed E-state index contributed by atoms with van der Waals surface area (Å²) in [5.74, 6) is -0.209. The van der Waals surface area contributed by atoms with Gasteiger partial charge in [0, 0.05) is 38.3 Å². The van der Waals surface area contributed by atoms with Gasteiger partial charge in [-0.15, -0.1) is 0 Å². The maximum absolute atomic E-state index is 11.8. The normalized spacial score (nSPS) is 11.8. The Hall–Kier alpha value is -2.15. The van der Waals surface area contributed by atoms with E-state index in [1.807, 2.05) is 0 Å². The number of hydrogen-bond donors (Lipinski definition) is 2. The quantitative estimate of drug-likeness (QED) is 0.612. The van der Waals surface area contributed by atoms with Crippen molar-refractivity contribution in [3.8, 4) is 0 Å². The fourth-order valence-corrected chi connectivity index (χ4v) is 1.50. The number of amides is 1. The van der Waals surface area contributed by atoms with Gasteiger partial charge in [0.1, 0.15) is 5.69 Å². The summed E-state index contributed by atoms with van der Waals surface area (Å²) in [5.41, 5.74) is 6.22. The van der Waals surface area contributed by atoms with E-state index in [2.05, 4.69) is 5.32 Å². The summed E-state index contributed by atoms with van der Waals surface area (Å²) >= 11 is 0. The molecule has 19 heavy (non-hydrogen) atoms. The molecule has 0 spiro atoms. The summed E-state index contributed by atoms with van der Waals surface area (Å²) in [6, 6.07) is 4.09. The number of carbonyl (C=O) groups is 1. The lowest BCUT2D eigenvalue weighted by molar-refractivity contribution is -0.384. The first-order valence-corrected chi connectivity index (χ1v) is 5.82. The molecule has 0 saturated heterocycles. The van der Waals surface area contributed by atoms with Crippen molar-refractivity contribution in [2.75, 3.05) is 26.0 Å². The van der Waals surface area contributed by atoms with Crippen LogP contribution in [0.4, 0.5) is 11.4 Å². The van der Waals surface area contributed by atoms with Gasteiger partial charge in [-0.1, -0.05) is 0 Å². The number of benzene rings is 1. The Balaban J connectivity index is 3.10. The van der Waals surface area contributed by atoms with E-state index < -0.39 is 4.92 Å². The lowest BCUT2D eigenvalue weighted by atomic mass is 10.1. The van der Waals surface area contributed by atoms with Crippen LogP contribution in [0.1, 0.15) is 17.3 Å². The lowest BCUT2D eigenvalue weighted by Crippen LogP contribution is -2.26. The van der Waals surface area contributed by atoms with Gasteiger partial charge in [0.2, 0.25) is 0 Å². The van der Waals surface area contributed by atoms with Gasteiger partial charge < -0.3 is 16.0 Å². The SMILES string of the molecule is CC(N)CNc1cc(C(=O)N(C)C)ccc1[N+](=O)[O-]. The monoisotopic (exact) mass is 266 g/mol. The highest BCUT2D eigenvalue weighted by molar-refractivity contribution is 5.95. The van der Waals surface area contributed by atoms with Crippen LogP contribution in [0.2, 0.25) is 0 Å². The first-order chi connectivity index (χ1) is 8.82. The summed E-state index contributed by atoms with van der Waals surface area (Å²) in [4.78, 5) is 23.7. The number of anilines is 1. The summed E-state index contributed by atoms with van der Waals surface area (Å²) in [6.45, 7) is 2.17. The van der Waals surface area contributed by atoms with Crippen molar-refractivity contribution in [2.24, 2.45) is 5.73 Å². The van der Waals surface area contributed by atoms with Crippen LogP contribution in [0.3, 0.4) is 0 Å². The third-order valence-corrected chi connectivity index (χ3v) is 2.46. The zero-order valence-corrected chi connectivity index (χ0v) is 11.2. The van der Waals surface area contributed by atoms with Gasteiger partial charge in [-0.05, 0) is 19.1 Å². The molecule has 0 fully saturated rings. The molecular formula is C12H18N4O3. The highest BCUT2D eigenvalue weighted by Gasteiger charge is 2.17. The first kappa shape index (κ1) is 14.9. The van der Waals surface area contributed by atoms with E-state index in [1.54, 1.807) is 21.0 Å². The Morgan fingerprint density at radius 3 is 2.63 bits per heavy atom. The number of hydrogen-bond acceptors (Lipinski definition) is 5. The maximum atomic E-state index is 11.8. The van der Waals surface area contributed by atoms with Gasteiger partial charge in [0.25, 0.3) is 11.6 Å². The van der Waals surface area contributed by atoms with Crippen molar-refractivity contribution >= 4 is 17.3 Å². The third-order valence-electron chi connectivity index (χ3n) is 2.46. The molecule has 7 nitrogen and oxygen atoms in total. The van der Waals surface area contributed by atoms with E-state index in [1.165, 1.54) is 23.1 Å². The standard InChI is InChI=1S/C12H18N4O3/c1-8(13)7-14-10-6-9(12(17)15(2)3)4-5-11(10)16(18)19/h4-6,8,14H,7,13H2,1-3H3. The van der Waals surface area contributed by atoms with E-state index in [-0.39, 0.29) is 17.6 Å². The summed E-state index contributed by atoms with van der Waals surface area (Å²) in [5, 5.41) is 13.8. The van der Waals surface area contributed by atoms with Crippen molar-refractivity contribution in [3.05, 3.63) is 33.9 Å². The number of nitrogens with one attached hydrogen (secondary N) is 1. The number of nitro groups is 1. The molecule has 1 aromatic carbocycles. The average Bonchev–Trinajstić information content (AvgIpc) is 2.34. The second kappa shape index (κ2) is 6.14. The molecule has 1 atom stereocenters. The van der Waals surface area contributed by atoms with Crippen LogP contribution in [0.5, 0.6) is 0 Å². The molecule has 104 valence electrons. The van der Waals surface area contributed by atoms with E-state index >= 15 is 0 Å². The van der Waals surface area contributed by atoms with E-state index in [0.29, 0.717) is 17.8 Å². The van der Waals surface area contributed by atoms with Gasteiger partial charge >= 0.3 is 0 Å². The molecule has 0 radical (unpaired) electrons. The fraction of sp³-hybridized carbons (Fsp3) is 0.417. The Labute approximate surface area is 111 Å². The molecule has 0 saturated carbocycles. The second-order valence-corrected chi connectivity index (χ2v) is 4.55. The summed E-state index contributed by atoms with van der Waals surface area (Å²) in [7, 11) is 3.25. The van der Waals surface area contributed by atoms with E-state index in [4.69, 9.17) is 5.73 Å². The van der Waals surface area contributed by atoms with Crippen molar-refractivity contribution < 1.29 is 9.72 Å². The van der Waals surface area contributed by atoms with Gasteiger partial charge in [0.15, 0.2) is 0 Å². The molecule has 0 heterocycles. The molecule has 1 aromatic rings. The molecule has 0 aliphatic rings. The van der Waals surface area contributed by atoms with Gasteiger partial charge in [-0.25, -0.2) is 0 Å². The molecular weight excluding hydrogens is 248 g/mol. The Bertz CT molecular complexity index is 486. The van der Waals surface area contributed by atoms with Crippen LogP contribution in [0, 0.1) is 10.1 Å². The van der Waals surface area contributed by atoms with Crippen LogP contribution < -0.4 is 11.1 Å². The Morgan fingerprint density at radius 1 is 1.53 bits per heavy atom. The Kier molecular flexibility index (Phi) is 4.82. The summed E-state index contributed by atoms with van der Waals surface area (Å²) < 4.78 is 0. The molecule has 0 aromatic heterocycles. The number of nitro benzene ring substituents is 1. The minimum absolute atomic E-state index is 0.0732. The van der Waals surface area contributed by atoms with Gasteiger partial charge in [-0.2, -0.15) is 0 Å². The van der Waals surface area contributed by atoms with E-state index in [0.717, 1.165) is 0 Å². The molecule has 0 bridgehead atoms. The lowest BCUT2D eigenvalue weighted by Gasteiger charge is -2.13. The number of nitrogens with zero attached hydrogens (tertiary/aromatic N) is 2.